The Morgan fingerprint density at radius 2 is 1.90 bits per heavy atom. The molecule has 1 amide bonds. The monoisotopic (exact) mass is 451 g/mol. The van der Waals surface area contributed by atoms with E-state index >= 15 is 0 Å². The summed E-state index contributed by atoms with van der Waals surface area (Å²) in [6, 6.07) is 6.67. The normalized spacial score (nSPS) is 26.7. The van der Waals surface area contributed by atoms with E-state index in [9.17, 15) is 18.0 Å². The van der Waals surface area contributed by atoms with Crippen LogP contribution in [0.25, 0.3) is 0 Å². The summed E-state index contributed by atoms with van der Waals surface area (Å²) in [5.41, 5.74) is 0. The Labute approximate surface area is 177 Å². The first kappa shape index (κ1) is 23.1. The molecule has 0 unspecified atom stereocenters. The van der Waals surface area contributed by atoms with Gasteiger partial charge in [0.05, 0.1) is 31.5 Å². The standard InChI is InChI=1S/C20H25ClF3NO5/c21-14-1-4-16(5-2-14)29-12-19(26)25-15-3-6-17(28-10-15)11-27-9-13-7-18(8-13)30-20(22,23)24/h1-2,4-5,13,15,17-18H,3,6-12H2,(H,25,26)/t13?,15-,17+,18?/m0/s1. The van der Waals surface area contributed by atoms with Gasteiger partial charge in [-0.15, -0.1) is 13.2 Å². The highest BCUT2D eigenvalue weighted by atomic mass is 35.5. The molecule has 0 spiro atoms. The molecule has 1 N–H and O–H groups in total. The van der Waals surface area contributed by atoms with Crippen molar-refractivity contribution in [1.29, 1.82) is 0 Å². The predicted octanol–water partition coefficient (Wildman–Crippen LogP) is 3.71. The molecule has 2 aliphatic rings. The summed E-state index contributed by atoms with van der Waals surface area (Å²) in [7, 11) is 0. The number of alkyl halides is 3. The number of hydrogen-bond acceptors (Lipinski definition) is 5. The van der Waals surface area contributed by atoms with Crippen LogP contribution >= 0.6 is 11.6 Å². The van der Waals surface area contributed by atoms with E-state index in [1.54, 1.807) is 24.3 Å². The van der Waals surface area contributed by atoms with Gasteiger partial charge in [-0.25, -0.2) is 0 Å². The first-order chi connectivity index (χ1) is 14.3. The molecule has 1 aromatic carbocycles. The van der Waals surface area contributed by atoms with Crippen LogP contribution in [0.1, 0.15) is 25.7 Å². The van der Waals surface area contributed by atoms with Gasteiger partial charge in [-0.3, -0.25) is 9.53 Å². The van der Waals surface area contributed by atoms with Crippen molar-refractivity contribution in [2.45, 2.75) is 50.3 Å². The van der Waals surface area contributed by atoms with E-state index in [1.165, 1.54) is 0 Å². The van der Waals surface area contributed by atoms with E-state index in [4.69, 9.17) is 25.8 Å². The third-order valence-corrected chi connectivity index (χ3v) is 5.32. The Morgan fingerprint density at radius 1 is 1.17 bits per heavy atom. The van der Waals surface area contributed by atoms with Gasteiger partial charge >= 0.3 is 6.36 Å². The molecule has 2 fully saturated rings. The molecule has 1 heterocycles. The second kappa shape index (κ2) is 10.7. The predicted molar refractivity (Wildman–Crippen MR) is 102 cm³/mol. The number of hydrogen-bond donors (Lipinski definition) is 1. The summed E-state index contributed by atoms with van der Waals surface area (Å²) >= 11 is 5.80. The van der Waals surface area contributed by atoms with Gasteiger partial charge in [-0.1, -0.05) is 11.6 Å². The third-order valence-electron chi connectivity index (χ3n) is 5.07. The zero-order valence-corrected chi connectivity index (χ0v) is 17.1. The van der Waals surface area contributed by atoms with Gasteiger partial charge in [0, 0.05) is 11.6 Å². The molecular formula is C20H25ClF3NO5. The van der Waals surface area contributed by atoms with Crippen LogP contribution in [-0.2, 0) is 19.0 Å². The number of halogens is 4. The van der Waals surface area contributed by atoms with Crippen molar-refractivity contribution in [1.82, 2.24) is 5.32 Å². The molecule has 168 valence electrons. The molecule has 0 bridgehead atoms. The Morgan fingerprint density at radius 3 is 2.53 bits per heavy atom. The van der Waals surface area contributed by atoms with Gasteiger partial charge < -0.3 is 19.5 Å². The van der Waals surface area contributed by atoms with Crippen molar-refractivity contribution in [3.05, 3.63) is 29.3 Å². The van der Waals surface area contributed by atoms with Crippen LogP contribution in [0.15, 0.2) is 24.3 Å². The summed E-state index contributed by atoms with van der Waals surface area (Å²) < 4.78 is 56.9. The van der Waals surface area contributed by atoms with E-state index in [1.807, 2.05) is 0 Å². The summed E-state index contributed by atoms with van der Waals surface area (Å²) in [4.78, 5) is 12.0. The lowest BCUT2D eigenvalue weighted by Gasteiger charge is -2.35. The fourth-order valence-corrected chi connectivity index (χ4v) is 3.59. The van der Waals surface area contributed by atoms with Crippen LogP contribution in [0.3, 0.4) is 0 Å². The minimum atomic E-state index is -4.57. The molecule has 2 atom stereocenters. The Kier molecular flexibility index (Phi) is 8.21. The number of carbonyl (C=O) groups is 1. The van der Waals surface area contributed by atoms with Crippen LogP contribution < -0.4 is 10.1 Å². The number of amides is 1. The summed E-state index contributed by atoms with van der Waals surface area (Å²) in [5, 5.41) is 3.47. The average molecular weight is 452 g/mol. The highest BCUT2D eigenvalue weighted by Crippen LogP contribution is 2.34. The van der Waals surface area contributed by atoms with E-state index in [0.717, 1.165) is 12.8 Å². The van der Waals surface area contributed by atoms with Gasteiger partial charge in [0.2, 0.25) is 0 Å². The van der Waals surface area contributed by atoms with E-state index in [-0.39, 0.29) is 30.6 Å². The minimum Gasteiger partial charge on any atom is -0.484 e. The third kappa shape index (κ3) is 7.94. The molecule has 1 aliphatic carbocycles. The Bertz CT molecular complexity index is 674. The molecule has 10 heteroatoms. The highest BCUT2D eigenvalue weighted by molar-refractivity contribution is 6.30. The van der Waals surface area contributed by atoms with Crippen LogP contribution in [0.5, 0.6) is 5.75 Å². The number of benzene rings is 1. The second-order valence-electron chi connectivity index (χ2n) is 7.60. The number of ether oxygens (including phenoxy) is 4. The lowest BCUT2D eigenvalue weighted by Crippen LogP contribution is -2.45. The van der Waals surface area contributed by atoms with Crippen LogP contribution in [-0.4, -0.2) is 56.9 Å². The molecule has 1 saturated heterocycles. The Balaban J connectivity index is 1.22. The van der Waals surface area contributed by atoms with E-state index in [2.05, 4.69) is 10.1 Å². The SMILES string of the molecule is O=C(COc1ccc(Cl)cc1)N[C@H]1CC[C@H](COCC2CC(OC(F)(F)F)C2)OC1. The average Bonchev–Trinajstić information content (AvgIpc) is 2.66. The first-order valence-corrected chi connectivity index (χ1v) is 10.3. The van der Waals surface area contributed by atoms with Crippen molar-refractivity contribution in [3.8, 4) is 5.75 Å². The van der Waals surface area contributed by atoms with Gasteiger partial charge in [0.15, 0.2) is 6.61 Å². The minimum absolute atomic E-state index is 0.0780. The maximum Gasteiger partial charge on any atom is 0.522 e. The molecule has 3 rings (SSSR count). The fourth-order valence-electron chi connectivity index (χ4n) is 3.46. The molecule has 6 nitrogen and oxygen atoms in total. The van der Waals surface area contributed by atoms with Gasteiger partial charge in [-0.05, 0) is 55.9 Å². The van der Waals surface area contributed by atoms with E-state index in [0.29, 0.717) is 43.4 Å². The van der Waals surface area contributed by atoms with Crippen molar-refractivity contribution in [3.63, 3.8) is 0 Å². The van der Waals surface area contributed by atoms with Crippen molar-refractivity contribution in [2.24, 2.45) is 5.92 Å². The summed E-state index contributed by atoms with van der Waals surface area (Å²) in [6.07, 6.45) is -3.20. The molecule has 0 aromatic heterocycles. The van der Waals surface area contributed by atoms with Crippen molar-refractivity contribution < 1.29 is 36.9 Å². The molecule has 1 aromatic rings. The van der Waals surface area contributed by atoms with Gasteiger partial charge in [0.1, 0.15) is 5.75 Å². The van der Waals surface area contributed by atoms with Crippen LogP contribution in [0.4, 0.5) is 13.2 Å². The topological polar surface area (TPSA) is 66.0 Å². The lowest BCUT2D eigenvalue weighted by molar-refractivity contribution is -0.355. The summed E-state index contributed by atoms with van der Waals surface area (Å²) in [5.74, 6) is 0.428. The number of carbonyl (C=O) groups excluding carboxylic acids is 1. The van der Waals surface area contributed by atoms with Crippen LogP contribution in [0.2, 0.25) is 5.02 Å². The fraction of sp³-hybridized carbons (Fsp3) is 0.650. The number of nitrogens with one attached hydrogen (secondary N) is 1. The molecule has 30 heavy (non-hydrogen) atoms. The molecule has 0 radical (unpaired) electrons. The number of rotatable bonds is 9. The zero-order chi connectivity index (χ0) is 21.6. The first-order valence-electron chi connectivity index (χ1n) is 9.88. The quantitative estimate of drug-likeness (QED) is 0.620. The van der Waals surface area contributed by atoms with Crippen molar-refractivity contribution >= 4 is 17.5 Å². The smallest absolute Gasteiger partial charge is 0.484 e. The molecule has 1 saturated carbocycles. The molecular weight excluding hydrogens is 427 g/mol. The van der Waals surface area contributed by atoms with Crippen LogP contribution in [0, 0.1) is 5.92 Å². The Hall–Kier alpha value is -1.55. The van der Waals surface area contributed by atoms with Gasteiger partial charge in [-0.2, -0.15) is 0 Å². The lowest BCUT2D eigenvalue weighted by atomic mass is 9.83. The zero-order valence-electron chi connectivity index (χ0n) is 16.3. The second-order valence-corrected chi connectivity index (χ2v) is 8.04. The van der Waals surface area contributed by atoms with Gasteiger partial charge in [0.25, 0.3) is 5.91 Å². The highest BCUT2D eigenvalue weighted by Gasteiger charge is 2.40. The maximum atomic E-state index is 12.1. The van der Waals surface area contributed by atoms with Crippen molar-refractivity contribution in [2.75, 3.05) is 26.4 Å². The largest absolute Gasteiger partial charge is 0.522 e. The maximum absolute atomic E-state index is 12.1. The molecule has 1 aliphatic heterocycles. The van der Waals surface area contributed by atoms with E-state index < -0.39 is 12.5 Å². The summed E-state index contributed by atoms with van der Waals surface area (Å²) in [6.45, 7) is 1.08.